The second-order valence-electron chi connectivity index (χ2n) is 3.49. The van der Waals surface area contributed by atoms with Crippen molar-refractivity contribution in [3.8, 4) is 5.75 Å². The normalized spacial score (nSPS) is 10.4. The molecule has 14 heavy (non-hydrogen) atoms. The Balaban J connectivity index is 3.15. The quantitative estimate of drug-likeness (QED) is 0.696. The predicted molar refractivity (Wildman–Crippen MR) is 57.1 cm³/mol. The average molecular weight is 213 g/mol. The zero-order valence-corrected chi connectivity index (χ0v) is 9.26. The van der Waals surface area contributed by atoms with Gasteiger partial charge in [0.15, 0.2) is 0 Å². The number of carbonyl (C=O) groups excluding carboxylic acids is 1. The molecule has 1 aromatic carbocycles. The summed E-state index contributed by atoms with van der Waals surface area (Å²) in [5, 5.41) is 0. The van der Waals surface area contributed by atoms with Crippen molar-refractivity contribution in [2.45, 2.75) is 26.7 Å². The number of ether oxygens (including phenoxy) is 1. The fourth-order valence-corrected chi connectivity index (χ4v) is 1.43. The molecule has 0 aromatic heterocycles. The molecule has 0 aliphatic rings. The molecule has 0 aliphatic carbocycles. The Labute approximate surface area is 88.8 Å². The maximum atomic E-state index is 10.7. The SMILES string of the molecule is Cc1cccc(C(C)C)c1OC(=O)Cl. The van der Waals surface area contributed by atoms with Gasteiger partial charge in [0.1, 0.15) is 5.75 Å². The van der Waals surface area contributed by atoms with E-state index in [0.29, 0.717) is 11.7 Å². The second kappa shape index (κ2) is 4.47. The number of hydrogen-bond acceptors (Lipinski definition) is 2. The van der Waals surface area contributed by atoms with Gasteiger partial charge in [0.05, 0.1) is 0 Å². The molecule has 0 spiro atoms. The molecule has 0 heterocycles. The molecule has 76 valence electrons. The van der Waals surface area contributed by atoms with E-state index in [1.807, 2.05) is 39.0 Å². The van der Waals surface area contributed by atoms with E-state index in [0.717, 1.165) is 11.1 Å². The minimum Gasteiger partial charge on any atom is -0.414 e. The van der Waals surface area contributed by atoms with Gasteiger partial charge >= 0.3 is 5.43 Å². The van der Waals surface area contributed by atoms with Crippen LogP contribution in [-0.2, 0) is 0 Å². The van der Waals surface area contributed by atoms with Gasteiger partial charge in [-0.15, -0.1) is 0 Å². The minimum atomic E-state index is -0.791. The first kappa shape index (κ1) is 11.1. The van der Waals surface area contributed by atoms with Crippen molar-refractivity contribution in [2.24, 2.45) is 0 Å². The Morgan fingerprint density at radius 3 is 2.57 bits per heavy atom. The molecule has 1 aromatic rings. The van der Waals surface area contributed by atoms with E-state index in [9.17, 15) is 4.79 Å². The lowest BCUT2D eigenvalue weighted by Gasteiger charge is -2.13. The third kappa shape index (κ3) is 2.48. The number of hydrogen-bond donors (Lipinski definition) is 0. The number of benzene rings is 1. The molecule has 1 rings (SSSR count). The lowest BCUT2D eigenvalue weighted by atomic mass is 10.00. The van der Waals surface area contributed by atoms with Crippen LogP contribution >= 0.6 is 11.6 Å². The van der Waals surface area contributed by atoms with E-state index in [1.54, 1.807) is 0 Å². The Bertz CT molecular complexity index is 345. The number of para-hydroxylation sites is 1. The molecular weight excluding hydrogens is 200 g/mol. The predicted octanol–water partition coefficient (Wildman–Crippen LogP) is 3.86. The van der Waals surface area contributed by atoms with Crippen molar-refractivity contribution < 1.29 is 9.53 Å². The maximum absolute atomic E-state index is 10.7. The number of carbonyl (C=O) groups is 1. The van der Waals surface area contributed by atoms with Gasteiger partial charge in [0.25, 0.3) is 0 Å². The van der Waals surface area contributed by atoms with Crippen LogP contribution in [-0.4, -0.2) is 5.43 Å². The molecule has 0 amide bonds. The highest BCUT2D eigenvalue weighted by atomic mass is 35.5. The fraction of sp³-hybridized carbons (Fsp3) is 0.364. The minimum absolute atomic E-state index is 0.306. The molecule has 0 bridgehead atoms. The maximum Gasteiger partial charge on any atom is 0.409 e. The lowest BCUT2D eigenvalue weighted by Crippen LogP contribution is -2.02. The molecule has 0 fully saturated rings. The summed E-state index contributed by atoms with van der Waals surface area (Å²) in [4.78, 5) is 10.7. The van der Waals surface area contributed by atoms with Gasteiger partial charge in [-0.1, -0.05) is 32.0 Å². The van der Waals surface area contributed by atoms with Gasteiger partial charge in [-0.2, -0.15) is 0 Å². The van der Waals surface area contributed by atoms with E-state index in [-0.39, 0.29) is 0 Å². The Kier molecular flexibility index (Phi) is 3.53. The summed E-state index contributed by atoms with van der Waals surface area (Å²) in [7, 11) is 0. The first-order chi connectivity index (χ1) is 6.52. The number of rotatable bonds is 2. The smallest absolute Gasteiger partial charge is 0.409 e. The molecule has 0 radical (unpaired) electrons. The molecular formula is C11H13ClO2. The molecule has 0 N–H and O–H groups in total. The molecule has 0 saturated heterocycles. The molecule has 0 saturated carbocycles. The van der Waals surface area contributed by atoms with E-state index in [4.69, 9.17) is 16.3 Å². The summed E-state index contributed by atoms with van der Waals surface area (Å²) < 4.78 is 4.96. The Morgan fingerprint density at radius 1 is 1.43 bits per heavy atom. The van der Waals surface area contributed by atoms with Gasteiger partial charge in [0.2, 0.25) is 0 Å². The van der Waals surface area contributed by atoms with Crippen LogP contribution in [0.25, 0.3) is 0 Å². The van der Waals surface area contributed by atoms with Gasteiger partial charge < -0.3 is 4.74 Å². The fourth-order valence-electron chi connectivity index (χ4n) is 1.35. The van der Waals surface area contributed by atoms with Crippen LogP contribution < -0.4 is 4.74 Å². The summed E-state index contributed by atoms with van der Waals surface area (Å²) in [6.45, 7) is 5.97. The van der Waals surface area contributed by atoms with E-state index in [1.165, 1.54) is 0 Å². The molecule has 0 atom stereocenters. The van der Waals surface area contributed by atoms with Crippen LogP contribution in [0, 0.1) is 6.92 Å². The van der Waals surface area contributed by atoms with Crippen LogP contribution in [0.4, 0.5) is 4.79 Å². The van der Waals surface area contributed by atoms with Crippen LogP contribution in [0.3, 0.4) is 0 Å². The summed E-state index contributed by atoms with van der Waals surface area (Å²) in [5.41, 5.74) is 1.13. The highest BCUT2D eigenvalue weighted by molar-refractivity contribution is 6.61. The largest absolute Gasteiger partial charge is 0.414 e. The third-order valence-corrected chi connectivity index (χ3v) is 2.12. The zero-order valence-electron chi connectivity index (χ0n) is 8.50. The number of halogens is 1. The van der Waals surface area contributed by atoms with Crippen molar-refractivity contribution in [3.63, 3.8) is 0 Å². The van der Waals surface area contributed by atoms with Gasteiger partial charge in [-0.25, -0.2) is 4.79 Å². The molecule has 2 nitrogen and oxygen atoms in total. The molecule has 0 unspecified atom stereocenters. The highest BCUT2D eigenvalue weighted by Crippen LogP contribution is 2.30. The highest BCUT2D eigenvalue weighted by Gasteiger charge is 2.12. The van der Waals surface area contributed by atoms with Crippen LogP contribution in [0.15, 0.2) is 18.2 Å². The Hall–Kier alpha value is -1.02. The first-order valence-electron chi connectivity index (χ1n) is 4.49. The van der Waals surface area contributed by atoms with Crippen LogP contribution in [0.1, 0.15) is 30.9 Å². The van der Waals surface area contributed by atoms with E-state index >= 15 is 0 Å². The van der Waals surface area contributed by atoms with Crippen molar-refractivity contribution in [2.75, 3.05) is 0 Å². The molecule has 3 heteroatoms. The summed E-state index contributed by atoms with van der Waals surface area (Å²) in [6.07, 6.45) is 0. The van der Waals surface area contributed by atoms with E-state index in [2.05, 4.69) is 0 Å². The summed E-state index contributed by atoms with van der Waals surface area (Å²) in [6, 6.07) is 5.77. The molecule has 0 aliphatic heterocycles. The second-order valence-corrected chi connectivity index (χ2v) is 3.80. The van der Waals surface area contributed by atoms with Crippen LogP contribution in [0.2, 0.25) is 0 Å². The lowest BCUT2D eigenvalue weighted by molar-refractivity contribution is 0.225. The van der Waals surface area contributed by atoms with Crippen LogP contribution in [0.5, 0.6) is 5.75 Å². The van der Waals surface area contributed by atoms with Crippen molar-refractivity contribution in [3.05, 3.63) is 29.3 Å². The summed E-state index contributed by atoms with van der Waals surface area (Å²) in [5.74, 6) is 0.892. The standard InChI is InChI=1S/C11H13ClO2/c1-7(2)9-6-4-5-8(3)10(9)14-11(12)13/h4-7H,1-3H3. The van der Waals surface area contributed by atoms with Crippen molar-refractivity contribution >= 4 is 17.0 Å². The monoisotopic (exact) mass is 212 g/mol. The Morgan fingerprint density at radius 2 is 2.07 bits per heavy atom. The zero-order chi connectivity index (χ0) is 10.7. The van der Waals surface area contributed by atoms with Crippen molar-refractivity contribution in [1.82, 2.24) is 0 Å². The number of aryl methyl sites for hydroxylation is 1. The summed E-state index contributed by atoms with van der Waals surface area (Å²) >= 11 is 5.20. The van der Waals surface area contributed by atoms with Gasteiger partial charge in [-0.3, -0.25) is 0 Å². The van der Waals surface area contributed by atoms with Gasteiger partial charge in [0, 0.05) is 11.6 Å². The van der Waals surface area contributed by atoms with Gasteiger partial charge in [-0.05, 0) is 24.0 Å². The van der Waals surface area contributed by atoms with Crippen molar-refractivity contribution in [1.29, 1.82) is 0 Å². The topological polar surface area (TPSA) is 26.3 Å². The third-order valence-electron chi connectivity index (χ3n) is 2.05. The first-order valence-corrected chi connectivity index (χ1v) is 4.87. The van der Waals surface area contributed by atoms with E-state index < -0.39 is 5.43 Å². The average Bonchev–Trinajstić information content (AvgIpc) is 2.07.